The molecule has 1 amide bonds. The van der Waals surface area contributed by atoms with Gasteiger partial charge >= 0.3 is 6.09 Å². The van der Waals surface area contributed by atoms with Crippen LogP contribution in [0.3, 0.4) is 0 Å². The molecule has 0 bridgehead atoms. The Morgan fingerprint density at radius 1 is 1.00 bits per heavy atom. The van der Waals surface area contributed by atoms with Crippen LogP contribution in [0.15, 0.2) is 0 Å². The summed E-state index contributed by atoms with van der Waals surface area (Å²) in [6, 6.07) is 0. The van der Waals surface area contributed by atoms with Crippen molar-refractivity contribution in [1.29, 1.82) is 0 Å². The summed E-state index contributed by atoms with van der Waals surface area (Å²) in [6.07, 6.45) is -0.387. The van der Waals surface area contributed by atoms with Crippen molar-refractivity contribution in [3.63, 3.8) is 0 Å². The summed E-state index contributed by atoms with van der Waals surface area (Å²) < 4.78 is 9.26. The minimum atomic E-state index is -0.389. The van der Waals surface area contributed by atoms with Gasteiger partial charge in [0.1, 0.15) is 5.60 Å². The molecular formula is C13H30NO4Y-. The predicted molar refractivity (Wildman–Crippen MR) is 75.3 cm³/mol. The Morgan fingerprint density at radius 2 is 1.37 bits per heavy atom. The number of amides is 1. The van der Waals surface area contributed by atoms with Gasteiger partial charge in [-0.2, -0.15) is 0 Å². The topological polar surface area (TPSA) is 64.6 Å². The summed E-state index contributed by atoms with van der Waals surface area (Å²) in [7, 11) is 1.54. The Balaban J connectivity index is -0.0000000607. The molecule has 0 aliphatic heterocycles. The molecular weight excluding hydrogens is 323 g/mol. The van der Waals surface area contributed by atoms with Crippen molar-refractivity contribution in [3.05, 3.63) is 0 Å². The van der Waals surface area contributed by atoms with E-state index in [4.69, 9.17) is 4.74 Å². The quantitative estimate of drug-likeness (QED) is 0.735. The van der Waals surface area contributed by atoms with Crippen molar-refractivity contribution < 1.29 is 51.8 Å². The smallest absolute Gasteiger partial charge is 0.407 e. The minimum Gasteiger partial charge on any atom is -0.649 e. The van der Waals surface area contributed by atoms with Crippen molar-refractivity contribution in [2.24, 2.45) is 0 Å². The fraction of sp³-hybridized carbons (Fsp3) is 0.846. The molecule has 0 aromatic rings. The normalized spacial score (nSPS) is 9.00. The Bertz CT molecular complexity index is 220. The van der Waals surface area contributed by atoms with Gasteiger partial charge in [0.05, 0.1) is 5.60 Å². The number of rotatable bonds is 1. The van der Waals surface area contributed by atoms with E-state index >= 15 is 0 Å². The Kier molecular flexibility index (Phi) is 23.5. The molecule has 0 unspecified atom stereocenters. The predicted octanol–water partition coefficient (Wildman–Crippen LogP) is 3.28. The SMILES string of the molecule is C.C.CC(C)(C)O[C-]=O.CNC(=O)OC(C)(C)C.[Y]. The molecule has 0 saturated heterocycles. The number of ether oxygens (including phenoxy) is 2. The number of nitrogens with one attached hydrogen (secondary N) is 1. The van der Waals surface area contributed by atoms with Crippen molar-refractivity contribution in [2.75, 3.05) is 7.05 Å². The van der Waals surface area contributed by atoms with Crippen LogP contribution >= 0.6 is 0 Å². The van der Waals surface area contributed by atoms with Gasteiger partial charge in [-0.1, -0.05) is 21.3 Å². The van der Waals surface area contributed by atoms with Crippen LogP contribution in [0.25, 0.3) is 0 Å². The first-order valence-corrected chi connectivity index (χ1v) is 4.97. The molecule has 19 heavy (non-hydrogen) atoms. The third kappa shape index (κ3) is 38.1. The second kappa shape index (κ2) is 14.3. The summed E-state index contributed by atoms with van der Waals surface area (Å²) in [4.78, 5) is 20.0. The molecule has 0 aliphatic rings. The molecule has 0 aliphatic carbocycles. The van der Waals surface area contributed by atoms with Crippen molar-refractivity contribution in [1.82, 2.24) is 5.32 Å². The number of alkyl carbamates (subject to hydrolysis) is 1. The summed E-state index contributed by atoms with van der Waals surface area (Å²) >= 11 is 0. The molecule has 0 spiro atoms. The van der Waals surface area contributed by atoms with Crippen LogP contribution in [-0.2, 0) is 47.0 Å². The van der Waals surface area contributed by atoms with Gasteiger partial charge in [0, 0.05) is 39.8 Å². The molecule has 0 heterocycles. The van der Waals surface area contributed by atoms with Crippen LogP contribution < -0.4 is 5.32 Å². The van der Waals surface area contributed by atoms with Gasteiger partial charge in [-0.15, -0.1) is 0 Å². The number of carbonyl (C=O) groups excluding carboxylic acids is 2. The van der Waals surface area contributed by atoms with E-state index in [1.54, 1.807) is 20.8 Å². The molecule has 0 rings (SSSR count). The van der Waals surface area contributed by atoms with Crippen LogP contribution in [0.4, 0.5) is 4.79 Å². The summed E-state index contributed by atoms with van der Waals surface area (Å²) in [6.45, 7) is 12.2. The molecule has 0 aromatic carbocycles. The fourth-order valence-corrected chi connectivity index (χ4v) is 0.454. The van der Waals surface area contributed by atoms with Crippen LogP contribution in [0, 0.1) is 0 Å². The molecule has 0 atom stereocenters. The van der Waals surface area contributed by atoms with E-state index in [-0.39, 0.29) is 64.9 Å². The zero-order valence-corrected chi connectivity index (χ0v) is 14.5. The monoisotopic (exact) mass is 353 g/mol. The number of hydrogen-bond donors (Lipinski definition) is 1. The van der Waals surface area contributed by atoms with E-state index in [1.165, 1.54) is 13.5 Å². The molecule has 0 aromatic heterocycles. The van der Waals surface area contributed by atoms with Gasteiger partial charge in [-0.25, -0.2) is 4.79 Å². The Morgan fingerprint density at radius 3 is 1.42 bits per heavy atom. The van der Waals surface area contributed by atoms with E-state index in [9.17, 15) is 9.59 Å². The van der Waals surface area contributed by atoms with E-state index in [2.05, 4.69) is 10.1 Å². The maximum Gasteiger partial charge on any atom is 0.407 e. The maximum atomic E-state index is 10.5. The van der Waals surface area contributed by atoms with Crippen molar-refractivity contribution >= 4 is 12.6 Å². The van der Waals surface area contributed by atoms with E-state index in [1.807, 2.05) is 20.8 Å². The Hall–Kier alpha value is -0.156. The van der Waals surface area contributed by atoms with Crippen LogP contribution in [0.5, 0.6) is 0 Å². The third-order valence-electron chi connectivity index (χ3n) is 0.951. The first kappa shape index (κ1) is 31.3. The van der Waals surface area contributed by atoms with Gasteiger partial charge in [0.2, 0.25) is 0 Å². The standard InChI is InChI=1S/C6H13NO2.C5H9O2.2CH4.Y/c1-6(2,3)9-5(8)7-4;1-5(2,3)7-4-6;;;/h1-4H3,(H,7,8);1-3H3;2*1H4;/q;-1;;;. The van der Waals surface area contributed by atoms with Crippen molar-refractivity contribution in [3.8, 4) is 0 Å². The van der Waals surface area contributed by atoms with Crippen LogP contribution in [-0.4, -0.2) is 30.8 Å². The Labute approximate surface area is 144 Å². The molecule has 6 heteroatoms. The summed E-state index contributed by atoms with van der Waals surface area (Å²) in [5.74, 6) is 0. The van der Waals surface area contributed by atoms with Gasteiger partial charge in [-0.05, 0) is 41.5 Å². The summed E-state index contributed by atoms with van der Waals surface area (Å²) in [5, 5.41) is 2.36. The number of hydrogen-bond acceptors (Lipinski definition) is 4. The molecule has 115 valence electrons. The number of carbonyl (C=O) groups is 1. The molecule has 0 saturated carbocycles. The minimum absolute atomic E-state index is 0. The molecule has 1 radical (unpaired) electrons. The third-order valence-corrected chi connectivity index (χ3v) is 0.951. The largest absolute Gasteiger partial charge is 0.649 e. The van der Waals surface area contributed by atoms with E-state index in [0.717, 1.165) is 0 Å². The first-order valence-electron chi connectivity index (χ1n) is 4.97. The zero-order valence-electron chi connectivity index (χ0n) is 11.7. The molecule has 5 nitrogen and oxygen atoms in total. The summed E-state index contributed by atoms with van der Waals surface area (Å²) in [5.41, 5.74) is -0.762. The van der Waals surface area contributed by atoms with Gasteiger partial charge in [-0.3, -0.25) is 0 Å². The van der Waals surface area contributed by atoms with Gasteiger partial charge in [0.15, 0.2) is 0 Å². The van der Waals surface area contributed by atoms with Gasteiger partial charge < -0.3 is 19.6 Å². The first-order chi connectivity index (χ1) is 7.02. The zero-order chi connectivity index (χ0) is 13.4. The fourth-order valence-electron chi connectivity index (χ4n) is 0.454. The van der Waals surface area contributed by atoms with Crippen LogP contribution in [0.2, 0.25) is 0 Å². The molecule has 0 fully saturated rings. The second-order valence-electron chi connectivity index (χ2n) is 5.05. The average Bonchev–Trinajstić information content (AvgIpc) is 1.99. The van der Waals surface area contributed by atoms with Crippen LogP contribution in [0.1, 0.15) is 56.4 Å². The average molecular weight is 353 g/mol. The van der Waals surface area contributed by atoms with E-state index in [0.29, 0.717) is 0 Å². The van der Waals surface area contributed by atoms with E-state index < -0.39 is 0 Å². The second-order valence-corrected chi connectivity index (χ2v) is 5.05. The van der Waals surface area contributed by atoms with Gasteiger partial charge in [0.25, 0.3) is 0 Å². The maximum absolute atomic E-state index is 10.5. The van der Waals surface area contributed by atoms with Crippen molar-refractivity contribution in [2.45, 2.75) is 67.6 Å². The molecule has 1 N–H and O–H groups in total.